The minimum Gasteiger partial charge on any atom is -0.206 e. The van der Waals surface area contributed by atoms with Crippen LogP contribution >= 0.6 is 0 Å². The predicted molar refractivity (Wildman–Crippen MR) is 56.5 cm³/mol. The summed E-state index contributed by atoms with van der Waals surface area (Å²) in [5, 5.41) is 0. The molecule has 0 N–H and O–H groups in total. The molecule has 2 aromatic rings. The van der Waals surface area contributed by atoms with Crippen molar-refractivity contribution in [2.45, 2.75) is 6.92 Å². The normalized spacial score (nSPS) is 10.5. The molecule has 0 bridgehead atoms. The van der Waals surface area contributed by atoms with Crippen LogP contribution in [-0.4, -0.2) is 0 Å². The quantitative estimate of drug-likeness (QED) is 0.682. The van der Waals surface area contributed by atoms with Gasteiger partial charge in [-0.1, -0.05) is 18.2 Å². The fourth-order valence-corrected chi connectivity index (χ4v) is 1.62. The summed E-state index contributed by atoms with van der Waals surface area (Å²) in [5.41, 5.74) is 0.0938. The lowest BCUT2D eigenvalue weighted by Gasteiger charge is -2.07. The van der Waals surface area contributed by atoms with Crippen LogP contribution in [0.15, 0.2) is 36.4 Å². The number of rotatable bonds is 1. The van der Waals surface area contributed by atoms with Gasteiger partial charge in [0.05, 0.1) is 5.56 Å². The molecule has 0 amide bonds. The van der Waals surface area contributed by atoms with E-state index in [1.165, 1.54) is 36.4 Å². The Morgan fingerprint density at radius 2 is 1.38 bits per heavy atom. The number of hydrogen-bond donors (Lipinski definition) is 0. The van der Waals surface area contributed by atoms with E-state index < -0.39 is 17.5 Å². The van der Waals surface area contributed by atoms with Gasteiger partial charge >= 0.3 is 0 Å². The van der Waals surface area contributed by atoms with E-state index in [0.717, 1.165) is 0 Å². The first-order chi connectivity index (χ1) is 7.59. The zero-order chi connectivity index (χ0) is 11.7. The van der Waals surface area contributed by atoms with Gasteiger partial charge in [-0.15, -0.1) is 0 Å². The zero-order valence-electron chi connectivity index (χ0n) is 8.60. The molecule has 0 saturated heterocycles. The van der Waals surface area contributed by atoms with Crippen molar-refractivity contribution in [3.8, 4) is 11.1 Å². The summed E-state index contributed by atoms with van der Waals surface area (Å²) in [5.74, 6) is -2.13. The van der Waals surface area contributed by atoms with Crippen LogP contribution in [0, 0.1) is 24.4 Å². The molecule has 2 rings (SSSR count). The Morgan fingerprint density at radius 3 is 1.94 bits per heavy atom. The van der Waals surface area contributed by atoms with Crippen molar-refractivity contribution in [3.63, 3.8) is 0 Å². The van der Waals surface area contributed by atoms with E-state index in [0.29, 0.717) is 5.56 Å². The maximum absolute atomic E-state index is 13.6. The molecule has 3 heteroatoms. The molecule has 0 heterocycles. The Kier molecular flexibility index (Phi) is 2.69. The van der Waals surface area contributed by atoms with Crippen LogP contribution in [-0.2, 0) is 0 Å². The van der Waals surface area contributed by atoms with Gasteiger partial charge < -0.3 is 0 Å². The lowest BCUT2D eigenvalue weighted by molar-refractivity contribution is 0.580. The second-order valence-electron chi connectivity index (χ2n) is 3.58. The summed E-state index contributed by atoms with van der Waals surface area (Å²) in [6.07, 6.45) is 0. The second kappa shape index (κ2) is 4.00. The molecule has 0 saturated carbocycles. The molecule has 0 aliphatic carbocycles. The van der Waals surface area contributed by atoms with E-state index in [2.05, 4.69) is 0 Å². The van der Waals surface area contributed by atoms with Gasteiger partial charge in [-0.2, -0.15) is 0 Å². The van der Waals surface area contributed by atoms with Crippen molar-refractivity contribution in [3.05, 3.63) is 59.4 Å². The standard InChI is InChI=1S/C13H9F3/c1-8-6-11(15)13(12(16)7-8)9-4-2-3-5-10(9)14/h2-7H,1H3. The third-order valence-corrected chi connectivity index (χ3v) is 2.33. The van der Waals surface area contributed by atoms with Crippen molar-refractivity contribution in [2.24, 2.45) is 0 Å². The topological polar surface area (TPSA) is 0 Å². The molecular weight excluding hydrogens is 213 g/mol. The van der Waals surface area contributed by atoms with Crippen molar-refractivity contribution in [1.29, 1.82) is 0 Å². The highest BCUT2D eigenvalue weighted by atomic mass is 19.1. The molecule has 0 spiro atoms. The van der Waals surface area contributed by atoms with Crippen LogP contribution in [0.2, 0.25) is 0 Å². The fourth-order valence-electron chi connectivity index (χ4n) is 1.62. The van der Waals surface area contributed by atoms with E-state index in [9.17, 15) is 13.2 Å². The van der Waals surface area contributed by atoms with Crippen LogP contribution in [0.3, 0.4) is 0 Å². The minimum absolute atomic E-state index is 0.0579. The van der Waals surface area contributed by atoms with Crippen LogP contribution in [0.1, 0.15) is 5.56 Å². The van der Waals surface area contributed by atoms with Crippen LogP contribution < -0.4 is 0 Å². The molecular formula is C13H9F3. The molecule has 0 fully saturated rings. The summed E-state index contributed by atoms with van der Waals surface area (Å²) in [6.45, 7) is 1.58. The lowest BCUT2D eigenvalue weighted by atomic mass is 10.0. The molecule has 0 nitrogen and oxygen atoms in total. The first-order valence-electron chi connectivity index (χ1n) is 4.80. The van der Waals surface area contributed by atoms with E-state index in [4.69, 9.17) is 0 Å². The highest BCUT2D eigenvalue weighted by Crippen LogP contribution is 2.28. The summed E-state index contributed by atoms with van der Waals surface area (Å²) in [4.78, 5) is 0. The summed E-state index contributed by atoms with van der Waals surface area (Å²) < 4.78 is 40.5. The van der Waals surface area contributed by atoms with Crippen LogP contribution in [0.4, 0.5) is 13.2 Å². The zero-order valence-corrected chi connectivity index (χ0v) is 8.60. The lowest BCUT2D eigenvalue weighted by Crippen LogP contribution is -1.94. The average molecular weight is 222 g/mol. The van der Waals surface area contributed by atoms with E-state index in [1.807, 2.05) is 0 Å². The highest BCUT2D eigenvalue weighted by molar-refractivity contribution is 5.65. The van der Waals surface area contributed by atoms with Crippen molar-refractivity contribution >= 4 is 0 Å². The second-order valence-corrected chi connectivity index (χ2v) is 3.58. The predicted octanol–water partition coefficient (Wildman–Crippen LogP) is 4.08. The van der Waals surface area contributed by atoms with Gasteiger partial charge in [0, 0.05) is 5.56 Å². The van der Waals surface area contributed by atoms with Crippen LogP contribution in [0.5, 0.6) is 0 Å². The molecule has 0 aliphatic rings. The third-order valence-electron chi connectivity index (χ3n) is 2.33. The number of benzene rings is 2. The van der Waals surface area contributed by atoms with E-state index in [-0.39, 0.29) is 11.1 Å². The Morgan fingerprint density at radius 1 is 0.812 bits per heavy atom. The Labute approximate surface area is 91.4 Å². The number of aryl methyl sites for hydroxylation is 1. The summed E-state index contributed by atoms with van der Waals surface area (Å²) >= 11 is 0. The molecule has 0 aliphatic heterocycles. The molecule has 16 heavy (non-hydrogen) atoms. The summed E-state index contributed by atoms with van der Waals surface area (Å²) in [7, 11) is 0. The Balaban J connectivity index is 2.70. The fraction of sp³-hybridized carbons (Fsp3) is 0.0769. The first kappa shape index (κ1) is 10.7. The van der Waals surface area contributed by atoms with Crippen molar-refractivity contribution < 1.29 is 13.2 Å². The SMILES string of the molecule is Cc1cc(F)c(-c2ccccc2F)c(F)c1. The first-order valence-corrected chi connectivity index (χ1v) is 4.80. The van der Waals surface area contributed by atoms with Gasteiger partial charge in [0.2, 0.25) is 0 Å². The van der Waals surface area contributed by atoms with Gasteiger partial charge in [-0.05, 0) is 30.7 Å². The largest absolute Gasteiger partial charge is 0.206 e. The number of halogens is 3. The minimum atomic E-state index is -0.748. The average Bonchev–Trinajstić information content (AvgIpc) is 2.19. The van der Waals surface area contributed by atoms with Gasteiger partial charge in [-0.3, -0.25) is 0 Å². The van der Waals surface area contributed by atoms with Gasteiger partial charge in [-0.25, -0.2) is 13.2 Å². The van der Waals surface area contributed by atoms with Gasteiger partial charge in [0.25, 0.3) is 0 Å². The van der Waals surface area contributed by atoms with Gasteiger partial charge in [0.15, 0.2) is 0 Å². The molecule has 0 aromatic heterocycles. The van der Waals surface area contributed by atoms with E-state index in [1.54, 1.807) is 6.92 Å². The molecule has 0 unspecified atom stereocenters. The smallest absolute Gasteiger partial charge is 0.134 e. The monoisotopic (exact) mass is 222 g/mol. The van der Waals surface area contributed by atoms with Crippen molar-refractivity contribution in [1.82, 2.24) is 0 Å². The molecule has 2 aromatic carbocycles. The molecule has 82 valence electrons. The Hall–Kier alpha value is -1.77. The summed E-state index contributed by atoms with van der Waals surface area (Å²) in [6, 6.07) is 7.91. The van der Waals surface area contributed by atoms with E-state index >= 15 is 0 Å². The maximum Gasteiger partial charge on any atom is 0.134 e. The highest BCUT2D eigenvalue weighted by Gasteiger charge is 2.15. The number of hydrogen-bond acceptors (Lipinski definition) is 0. The van der Waals surface area contributed by atoms with Gasteiger partial charge in [0.1, 0.15) is 17.5 Å². The van der Waals surface area contributed by atoms with Crippen molar-refractivity contribution in [2.75, 3.05) is 0 Å². The maximum atomic E-state index is 13.6. The molecule has 0 radical (unpaired) electrons. The molecule has 0 atom stereocenters. The third kappa shape index (κ3) is 1.81. The van der Waals surface area contributed by atoms with Crippen LogP contribution in [0.25, 0.3) is 11.1 Å². The Bertz CT molecular complexity index is 509.